The number of rotatable bonds is 3. The van der Waals surface area contributed by atoms with Crippen LogP contribution < -0.4 is 0 Å². The number of halogens is 2. The van der Waals surface area contributed by atoms with Gasteiger partial charge in [-0.05, 0) is 24.6 Å². The molecule has 2 nitrogen and oxygen atoms in total. The Bertz CT molecular complexity index is 315. The summed E-state index contributed by atoms with van der Waals surface area (Å²) in [6.07, 6.45) is -1.65. The van der Waals surface area contributed by atoms with Crippen LogP contribution >= 0.6 is 15.9 Å². The zero-order valence-electron chi connectivity index (χ0n) is 7.74. The molecule has 0 saturated carbocycles. The summed E-state index contributed by atoms with van der Waals surface area (Å²) >= 11 is 3.14. The molecular formula is C10H12BrFO2. The quantitative estimate of drug-likeness (QED) is 0.874. The highest BCUT2D eigenvalue weighted by Gasteiger charge is 2.14. The van der Waals surface area contributed by atoms with Gasteiger partial charge in [0.05, 0.1) is 12.2 Å². The fourth-order valence-corrected chi connectivity index (χ4v) is 1.42. The summed E-state index contributed by atoms with van der Waals surface area (Å²) < 4.78 is 13.9. The fourth-order valence-electron chi connectivity index (χ4n) is 1.08. The molecule has 1 rings (SSSR count). The molecule has 0 bridgehead atoms. The van der Waals surface area contributed by atoms with E-state index in [1.54, 1.807) is 12.1 Å². The van der Waals surface area contributed by atoms with Gasteiger partial charge in [0, 0.05) is 10.9 Å². The molecule has 2 N–H and O–H groups in total. The fraction of sp³-hybridized carbons (Fsp3) is 0.400. The van der Waals surface area contributed by atoms with Crippen molar-refractivity contribution in [1.29, 1.82) is 0 Å². The first-order chi connectivity index (χ1) is 6.50. The van der Waals surface area contributed by atoms with Crippen LogP contribution in [0, 0.1) is 5.82 Å². The topological polar surface area (TPSA) is 40.5 Å². The van der Waals surface area contributed by atoms with E-state index in [2.05, 4.69) is 15.9 Å². The molecule has 0 aliphatic carbocycles. The van der Waals surface area contributed by atoms with E-state index in [1.165, 1.54) is 13.0 Å². The molecule has 0 radical (unpaired) electrons. The Morgan fingerprint density at radius 1 is 1.43 bits per heavy atom. The van der Waals surface area contributed by atoms with Crippen LogP contribution in [0.2, 0.25) is 0 Å². The van der Waals surface area contributed by atoms with Gasteiger partial charge >= 0.3 is 0 Å². The minimum atomic E-state index is -0.925. The minimum Gasteiger partial charge on any atom is -0.391 e. The normalized spacial score (nSPS) is 15.2. The van der Waals surface area contributed by atoms with Crippen molar-refractivity contribution >= 4 is 15.9 Å². The lowest BCUT2D eigenvalue weighted by Gasteiger charge is -2.13. The number of hydrogen-bond donors (Lipinski definition) is 2. The Kier molecular flexibility index (Phi) is 4.04. The van der Waals surface area contributed by atoms with Gasteiger partial charge in [-0.25, -0.2) is 4.39 Å². The smallest absolute Gasteiger partial charge is 0.127 e. The monoisotopic (exact) mass is 262 g/mol. The van der Waals surface area contributed by atoms with Crippen molar-refractivity contribution in [1.82, 2.24) is 0 Å². The molecule has 0 aliphatic heterocycles. The molecular weight excluding hydrogens is 251 g/mol. The molecule has 1 aromatic carbocycles. The van der Waals surface area contributed by atoms with Gasteiger partial charge in [0.2, 0.25) is 0 Å². The number of aliphatic hydroxyl groups excluding tert-OH is 2. The van der Waals surface area contributed by atoms with Crippen molar-refractivity contribution in [2.45, 2.75) is 25.6 Å². The summed E-state index contributed by atoms with van der Waals surface area (Å²) in [6, 6.07) is 4.63. The van der Waals surface area contributed by atoms with Gasteiger partial charge in [-0.2, -0.15) is 0 Å². The average molecular weight is 263 g/mol. The lowest BCUT2D eigenvalue weighted by Crippen LogP contribution is -2.25. The first-order valence-electron chi connectivity index (χ1n) is 4.30. The van der Waals surface area contributed by atoms with E-state index in [9.17, 15) is 9.50 Å². The van der Waals surface area contributed by atoms with Crippen molar-refractivity contribution in [2.24, 2.45) is 0 Å². The summed E-state index contributed by atoms with van der Waals surface area (Å²) in [5, 5.41) is 18.4. The van der Waals surface area contributed by atoms with Crippen LogP contribution in [-0.4, -0.2) is 22.4 Å². The molecule has 0 spiro atoms. The van der Waals surface area contributed by atoms with E-state index in [0.717, 1.165) is 0 Å². The molecule has 0 amide bonds. The number of hydrogen-bond acceptors (Lipinski definition) is 2. The molecule has 0 fully saturated rings. The van der Waals surface area contributed by atoms with Gasteiger partial charge in [0.15, 0.2) is 0 Å². The third-order valence-corrected chi connectivity index (χ3v) is 2.49. The average Bonchev–Trinajstić information content (AvgIpc) is 2.09. The molecule has 78 valence electrons. The Hall–Kier alpha value is -0.450. The van der Waals surface area contributed by atoms with Crippen molar-refractivity contribution in [3.8, 4) is 0 Å². The molecule has 0 heterocycles. The first kappa shape index (κ1) is 11.6. The van der Waals surface area contributed by atoms with Crippen molar-refractivity contribution in [2.75, 3.05) is 0 Å². The van der Waals surface area contributed by atoms with Crippen LogP contribution in [0.5, 0.6) is 0 Å². The Balaban J connectivity index is 2.77. The molecule has 1 aromatic rings. The van der Waals surface area contributed by atoms with Crippen LogP contribution in [0.4, 0.5) is 4.39 Å². The lowest BCUT2D eigenvalue weighted by atomic mass is 10.0. The predicted octanol–water partition coefficient (Wildman–Crippen LogP) is 1.87. The lowest BCUT2D eigenvalue weighted by molar-refractivity contribution is 0.0315. The third kappa shape index (κ3) is 3.04. The number of benzene rings is 1. The molecule has 2 atom stereocenters. The second-order valence-electron chi connectivity index (χ2n) is 3.25. The summed E-state index contributed by atoms with van der Waals surface area (Å²) in [5.74, 6) is -0.376. The van der Waals surface area contributed by atoms with Crippen LogP contribution in [0.1, 0.15) is 12.5 Å². The molecule has 0 saturated heterocycles. The molecule has 0 aliphatic rings. The van der Waals surface area contributed by atoms with Gasteiger partial charge in [-0.1, -0.05) is 22.0 Å². The van der Waals surface area contributed by atoms with Crippen LogP contribution in [0.3, 0.4) is 0 Å². The highest BCUT2D eigenvalue weighted by molar-refractivity contribution is 9.10. The third-order valence-electron chi connectivity index (χ3n) is 2.00. The SMILES string of the molecule is CC(O)C(O)Cc1ccc(Br)cc1F. The van der Waals surface area contributed by atoms with Crippen LogP contribution in [0.15, 0.2) is 22.7 Å². The zero-order chi connectivity index (χ0) is 10.7. The maximum atomic E-state index is 13.3. The summed E-state index contributed by atoms with van der Waals surface area (Å²) in [6.45, 7) is 1.47. The predicted molar refractivity (Wildman–Crippen MR) is 55.5 cm³/mol. The highest BCUT2D eigenvalue weighted by Crippen LogP contribution is 2.17. The molecule has 2 unspecified atom stereocenters. The number of aliphatic hydroxyl groups is 2. The van der Waals surface area contributed by atoms with E-state index in [1.807, 2.05) is 0 Å². The Morgan fingerprint density at radius 3 is 2.57 bits per heavy atom. The van der Waals surface area contributed by atoms with Crippen molar-refractivity contribution < 1.29 is 14.6 Å². The van der Waals surface area contributed by atoms with Gasteiger partial charge in [0.25, 0.3) is 0 Å². The van der Waals surface area contributed by atoms with E-state index in [-0.39, 0.29) is 12.2 Å². The van der Waals surface area contributed by atoms with Crippen LogP contribution in [0.25, 0.3) is 0 Å². The summed E-state index contributed by atoms with van der Waals surface area (Å²) in [7, 11) is 0. The largest absolute Gasteiger partial charge is 0.391 e. The van der Waals surface area contributed by atoms with Gasteiger partial charge in [-0.15, -0.1) is 0 Å². The van der Waals surface area contributed by atoms with E-state index >= 15 is 0 Å². The van der Waals surface area contributed by atoms with Gasteiger partial charge in [0.1, 0.15) is 5.82 Å². The summed E-state index contributed by atoms with van der Waals surface area (Å²) in [5.41, 5.74) is 0.404. The summed E-state index contributed by atoms with van der Waals surface area (Å²) in [4.78, 5) is 0. The minimum absolute atomic E-state index is 0.122. The van der Waals surface area contributed by atoms with Crippen molar-refractivity contribution in [3.63, 3.8) is 0 Å². The molecule has 4 heteroatoms. The van der Waals surface area contributed by atoms with Crippen molar-refractivity contribution in [3.05, 3.63) is 34.1 Å². The Labute approximate surface area is 90.5 Å². The second-order valence-corrected chi connectivity index (χ2v) is 4.16. The van der Waals surface area contributed by atoms with Crippen LogP contribution in [-0.2, 0) is 6.42 Å². The molecule has 14 heavy (non-hydrogen) atoms. The van der Waals surface area contributed by atoms with E-state index in [4.69, 9.17) is 5.11 Å². The second kappa shape index (κ2) is 4.87. The highest BCUT2D eigenvalue weighted by atomic mass is 79.9. The first-order valence-corrected chi connectivity index (χ1v) is 5.10. The van der Waals surface area contributed by atoms with Gasteiger partial charge in [-0.3, -0.25) is 0 Å². The van der Waals surface area contributed by atoms with Gasteiger partial charge < -0.3 is 10.2 Å². The Morgan fingerprint density at radius 2 is 2.07 bits per heavy atom. The van der Waals surface area contributed by atoms with E-state index < -0.39 is 12.2 Å². The zero-order valence-corrected chi connectivity index (χ0v) is 9.33. The maximum Gasteiger partial charge on any atom is 0.127 e. The van der Waals surface area contributed by atoms with E-state index in [0.29, 0.717) is 10.0 Å². The maximum absolute atomic E-state index is 13.3. The molecule has 0 aromatic heterocycles. The standard InChI is InChI=1S/C10H12BrFO2/c1-6(13)10(14)4-7-2-3-8(11)5-9(7)12/h2-3,5-6,10,13-14H,4H2,1H3.